The minimum Gasteiger partial charge on any atom is -1.00 e. The molecule has 17 heteroatoms. The summed E-state index contributed by atoms with van der Waals surface area (Å²) in [5, 5.41) is 0.423. The summed E-state index contributed by atoms with van der Waals surface area (Å²) in [4.78, 5) is 50.5. The van der Waals surface area contributed by atoms with Crippen LogP contribution in [0.1, 0.15) is 230 Å². The van der Waals surface area contributed by atoms with Crippen LogP contribution in [0.2, 0.25) is 5.15 Å². The van der Waals surface area contributed by atoms with E-state index in [0.717, 1.165) is 191 Å². The maximum Gasteiger partial charge on any atom is 0.194 e. The topological polar surface area (TPSA) is 172 Å². The predicted molar refractivity (Wildman–Crippen MR) is 826 cm³/mol. The van der Waals surface area contributed by atoms with Crippen LogP contribution in [-0.4, -0.2) is 49.8 Å². The minimum absolute atomic E-state index is 0. The summed E-state index contributed by atoms with van der Waals surface area (Å²) in [6, 6.07) is 130. The molecule has 0 radical (unpaired) electrons. The van der Waals surface area contributed by atoms with Crippen molar-refractivity contribution in [1.29, 1.82) is 0 Å². The SMILES string of the molecule is Cc1ccccc1-c1cc(-c2ccncc2)cc(-c2ccncc2)c1.Clc1ccc2c(n1)-c1ncccc1C21c2ccccc2Oc2c1ccc1c2Oc2ccccc2N1c1ccccc1-c1ccncc1.[H-].[HH].[HH].[HH].[HH].[HH].[HH].[HH].[HH].[HH].[HH].[HH].[HH].[HH].[HH].[HH].[HH].[HH].[HH].[HH].[HH].[HH].[HH].[HH].[HH].[HH].[HH].[HH].[HH].[HH].[HH].[HH].[HH].[HH].[HH].[HH].[HH].[HH].[HH].[HH].[HH].[HH].[HH].[HH].[HH].[HH].[HH].[HH].[HH].[HH].[HH].[HH].[HH].[HH].[HH].[HH].[HH].[HH].[HH].[HH].[HH].[HH].[HH].[HH].[HH].[HH].[HH].[HH].[HH].[HH].[HH].[HH].[HH].[HH].[HH].[HH].[HH].[HH].[HH].[HH].[HH].[HH].[HH].[HH].[HH].[HH].[HH].[HH].[HH].[HH].[HH].[HH].[HH].[HH].[HH].[HH].[HH].[HH].[HH].[HH].[HH].[HH].[HH].[HH].[HH].[HH].[HH].[HH].[HH].[HH].[HH].[HH].[HH].[HH].[HH].[HH].[HH].[HH].[HH].[HH].[HH].[HH].[HH].[HH].[HH].[HH].c1ccc2c(c1)Oc1c(ccc3c1Oc1ccccc1C31c3cccnc3-c3nc(-c4ccccc4-c4cc(-c5ccncc5)cc(-c5ccncc5)c4)ccc31)N2c1ccccc1-c1ccncc1. The predicted octanol–water partition coefficient (Wildman–Crippen LogP) is 61.9. The van der Waals surface area contributed by atoms with Gasteiger partial charge >= 0.3 is 0 Å². The Kier molecular flexibility index (Phi) is 20.5. The summed E-state index contributed by atoms with van der Waals surface area (Å²) >= 11 is 6.50. The van der Waals surface area contributed by atoms with Gasteiger partial charge in [0.05, 0.1) is 73.4 Å². The highest BCUT2D eigenvalue weighted by Gasteiger charge is 2.56. The summed E-state index contributed by atoms with van der Waals surface area (Å²) in [6.07, 6.45) is 25.7. The Morgan fingerprint density at radius 3 is 0.979 bits per heavy atom. The normalized spacial score (nSPS) is 14.4. The molecule has 12 aromatic carbocycles. The van der Waals surface area contributed by atoms with Gasteiger partial charge in [-0.25, -0.2) is 9.97 Å². The average Bonchev–Trinajstić information content (AvgIpc) is 1.51. The van der Waals surface area contributed by atoms with Gasteiger partial charge in [0.25, 0.3) is 0 Å². The van der Waals surface area contributed by atoms with Gasteiger partial charge in [-0.1, -0.05) is 194 Å². The molecule has 4 aliphatic heterocycles. The highest BCUT2D eigenvalue weighted by Crippen LogP contribution is 2.69. The van der Waals surface area contributed by atoms with Crippen molar-refractivity contribution in [3.63, 3.8) is 0 Å². The standard InChI is InChI=1S/C62H38N6O2.C40H23ClN4O2.C23H18N2.125H2.H/c1-2-12-47(45(10-1)44-37-42(39-23-30-63-31-24-39)36-43(38-44)40-25-32-64-33-26-40)52-21-19-50-59(67-52)58-49(14-9-29-66-58)62(50)48-13-4-7-17-56(48)69-60-51(62)20-22-55-61(60)70-57-18-8-6-16-54(57)68(55)53-15-5-3-11-46(53)41-27-34-65-35-28-41;41-35-18-16-28-37(44-35)36-27(10-7-21-43-36)40(28)26-9-2-5-13-33(26)46-38-29(40)15-17-32-39(38)47-34-14-6-4-12-31(34)45(32)30-11-3-1-8-25(30)24-19-22-42-23-20-24;1-17-4-2-3-5-23(17)22-15-20(18-6-10-24-11-7-18)14-21(16-22)19-8-12-25-13-9-19;;;;;;;;;;;;;;;;;;;;;;;;;;;;;;;;;;;;;;;;;;;;;;;;;;;;;;;;;;;;;;;;;;;;;;;;;;;;;;;;;;;;;;;;;;;;;;;;;;;;;;;;;;;;;;;;;;;;;;;;;;;;;;/h1-38H;1-23H;2-16H,1H3;125*1H;/q;;;;;;;;;;;;;;;;;;;;;;;;;;;;;;;;;;;;;;;;;;;;;;;;;;;;;;;;;;;;;;;;;;;;;;;;;;;;;;;;;;;;;;;;;;;;;;;;;;;;;;;;;;;;;;;;;;;;;;;;;;;;;;;;-1. The number of aryl methyl sites for hydroxylation is 1. The van der Waals surface area contributed by atoms with Crippen LogP contribution in [0.4, 0.5) is 34.1 Å². The number of pyridine rings is 10. The Morgan fingerprint density at radius 2 is 0.542 bits per heavy atom. The highest BCUT2D eigenvalue weighted by molar-refractivity contribution is 6.29. The molecule has 22 aromatic rings. The van der Waals surface area contributed by atoms with Crippen LogP contribution in [0.3, 0.4) is 0 Å². The Bertz CT molecular complexity index is 8900. The van der Waals surface area contributed by atoms with Crippen LogP contribution in [0.15, 0.2) is 463 Å². The number of halogens is 1. The lowest BCUT2D eigenvalue weighted by Crippen LogP contribution is -2.33. The Hall–Kier alpha value is -18.8. The molecule has 2 spiro atoms. The molecule has 2 aliphatic carbocycles. The van der Waals surface area contributed by atoms with E-state index in [2.05, 4.69) is 301 Å². The van der Waals surface area contributed by atoms with Crippen LogP contribution in [-0.2, 0) is 10.8 Å². The summed E-state index contributed by atoms with van der Waals surface area (Å²) in [6.45, 7) is 2.15. The van der Waals surface area contributed by atoms with Gasteiger partial charge in [0.2, 0.25) is 0 Å². The molecule has 2 atom stereocenters. The monoisotopic (exact) mass is 2100 g/mol. The maximum absolute atomic E-state index is 7.14. The number of ether oxygens (including phenoxy) is 4. The van der Waals surface area contributed by atoms with Crippen molar-refractivity contribution in [3.8, 4) is 169 Å². The molecule has 0 N–H and O–H groups in total. The number of anilines is 6. The number of para-hydroxylation sites is 8. The van der Waals surface area contributed by atoms with E-state index in [9.17, 15) is 0 Å². The van der Waals surface area contributed by atoms with Gasteiger partial charge in [-0.3, -0.25) is 39.9 Å². The van der Waals surface area contributed by atoms with Gasteiger partial charge in [0, 0.05) is 304 Å². The van der Waals surface area contributed by atoms with Crippen LogP contribution in [0.25, 0.3) is 123 Å². The van der Waals surface area contributed by atoms with Crippen molar-refractivity contribution in [2.24, 2.45) is 0 Å². The van der Waals surface area contributed by atoms with Crippen molar-refractivity contribution in [3.05, 3.63) is 518 Å². The average molecular weight is 2100 g/mol. The van der Waals surface area contributed by atoms with Gasteiger partial charge in [-0.2, -0.15) is 0 Å². The molecule has 922 valence electrons. The minimum atomic E-state index is -0.846. The molecule has 2 unspecified atom stereocenters. The molecule has 0 saturated heterocycles. The molecular formula is C125H330ClN12O4-. The first kappa shape index (κ1) is 83.8. The van der Waals surface area contributed by atoms with Gasteiger partial charge in [-0.15, -0.1) is 0 Å². The number of hydrogen-bond donors (Lipinski definition) is 0. The highest BCUT2D eigenvalue weighted by atomic mass is 35.5. The molecule has 6 aliphatic rings. The number of fused-ring (bicyclic) bond motifs is 24. The van der Waals surface area contributed by atoms with Crippen molar-refractivity contribution in [2.45, 2.75) is 17.8 Å². The smallest absolute Gasteiger partial charge is 0.194 e. The van der Waals surface area contributed by atoms with E-state index >= 15 is 0 Å². The third-order valence-electron chi connectivity index (χ3n) is 27.7. The van der Waals surface area contributed by atoms with E-state index < -0.39 is 10.8 Å². The third kappa shape index (κ3) is 13.9. The summed E-state index contributed by atoms with van der Waals surface area (Å²) in [7, 11) is 0. The molecule has 14 heterocycles. The third-order valence-corrected chi connectivity index (χ3v) is 27.9. The quantitative estimate of drug-likeness (QED) is 0.112. The fourth-order valence-electron chi connectivity index (χ4n) is 21.6. The van der Waals surface area contributed by atoms with Crippen molar-refractivity contribution >= 4 is 45.7 Å². The van der Waals surface area contributed by atoms with E-state index in [0.29, 0.717) is 28.2 Å². The first-order chi connectivity index (χ1) is 70.3. The lowest BCUT2D eigenvalue weighted by Gasteiger charge is -2.41. The van der Waals surface area contributed by atoms with Crippen molar-refractivity contribution < 1.29 is 199 Å². The van der Waals surface area contributed by atoms with Crippen LogP contribution < -0.4 is 28.7 Å². The van der Waals surface area contributed by atoms with Gasteiger partial charge in [0.1, 0.15) is 16.7 Å². The van der Waals surface area contributed by atoms with E-state index in [1.807, 2.05) is 202 Å². The van der Waals surface area contributed by atoms with Gasteiger partial charge < -0.3 is 30.2 Å². The molecule has 0 amide bonds. The van der Waals surface area contributed by atoms with Crippen LogP contribution >= 0.6 is 11.6 Å². The Labute approximate surface area is 1010 Å². The van der Waals surface area contributed by atoms with Crippen LogP contribution in [0.5, 0.6) is 46.0 Å². The fourth-order valence-corrected chi connectivity index (χ4v) is 21.7. The second-order valence-corrected chi connectivity index (χ2v) is 35.8. The fraction of sp³-hybridized carbons (Fsp3) is 0.0240. The van der Waals surface area contributed by atoms with Gasteiger partial charge in [0.15, 0.2) is 34.5 Å². The number of rotatable bonds is 11. The van der Waals surface area contributed by atoms with E-state index in [-0.39, 0.29) is 180 Å². The van der Waals surface area contributed by atoms with E-state index in [1.54, 1.807) is 6.20 Å². The summed E-state index contributed by atoms with van der Waals surface area (Å²) in [5.41, 5.74) is 36.4. The summed E-state index contributed by atoms with van der Waals surface area (Å²) in [5.74, 6) is 5.52. The second kappa shape index (κ2) is 34.8. The molecule has 16 nitrogen and oxygen atoms in total. The van der Waals surface area contributed by atoms with Gasteiger partial charge in [-0.05, 0) is 307 Å². The molecule has 10 aromatic heterocycles. The van der Waals surface area contributed by atoms with Crippen molar-refractivity contribution in [1.82, 2.24) is 49.8 Å². The lowest BCUT2D eigenvalue weighted by atomic mass is 9.66. The molecular weight excluding hydrogens is 1770 g/mol. The maximum atomic E-state index is 7.14. The number of benzene rings is 12. The zero-order valence-corrected chi connectivity index (χ0v) is 77.0. The molecule has 142 heavy (non-hydrogen) atoms. The zero-order chi connectivity index (χ0) is 94.4. The molecule has 0 fully saturated rings. The lowest BCUT2D eigenvalue weighted by molar-refractivity contribution is 0.391. The first-order valence-electron chi connectivity index (χ1n) is 47.0. The zero-order valence-electron chi connectivity index (χ0n) is 77.3. The summed E-state index contributed by atoms with van der Waals surface area (Å²) < 4.78 is 28.0. The number of aromatic nitrogens is 10. The molecule has 0 bridgehead atoms. The largest absolute Gasteiger partial charge is 1.00 e. The number of nitrogens with zero attached hydrogens (tertiary/aromatic N) is 12. The number of hydrogen-bond acceptors (Lipinski definition) is 16. The van der Waals surface area contributed by atoms with E-state index in [4.69, 9.17) is 50.5 Å². The second-order valence-electron chi connectivity index (χ2n) is 35.4. The van der Waals surface area contributed by atoms with Crippen LogP contribution in [0, 0.1) is 6.92 Å². The molecule has 0 saturated carbocycles. The Morgan fingerprint density at radius 1 is 0.225 bits per heavy atom. The first-order valence-corrected chi connectivity index (χ1v) is 47.3. The van der Waals surface area contributed by atoms with E-state index in [1.165, 1.54) is 38.9 Å². The molecule has 28 rings (SSSR count). The van der Waals surface area contributed by atoms with Crippen molar-refractivity contribution in [2.75, 3.05) is 9.80 Å². The Balaban J connectivity index is -0.0000000133.